The maximum Gasteiger partial charge on any atom is 0.444 e. The van der Waals surface area contributed by atoms with Crippen molar-refractivity contribution in [3.8, 4) is 0 Å². The van der Waals surface area contributed by atoms with Crippen LogP contribution in [0.2, 0.25) is 0 Å². The molecule has 0 N–H and O–H groups in total. The van der Waals surface area contributed by atoms with Crippen molar-refractivity contribution in [3.05, 3.63) is 24.3 Å². The van der Waals surface area contributed by atoms with Gasteiger partial charge in [-0.25, -0.2) is 0 Å². The summed E-state index contributed by atoms with van der Waals surface area (Å²) in [6.07, 6.45) is 3.26. The summed E-state index contributed by atoms with van der Waals surface area (Å²) in [5.41, 5.74) is 1.66. The van der Waals surface area contributed by atoms with E-state index >= 15 is 0 Å². The first kappa shape index (κ1) is 27.1. The van der Waals surface area contributed by atoms with Crippen molar-refractivity contribution >= 4 is 74.4 Å². The number of hydrogen-bond donors (Lipinski definition) is 0. The predicted octanol–water partition coefficient (Wildman–Crippen LogP) is 7.69. The van der Waals surface area contributed by atoms with Gasteiger partial charge in [-0.05, 0) is 68.7 Å². The third-order valence-electron chi connectivity index (χ3n) is 7.04. The summed E-state index contributed by atoms with van der Waals surface area (Å²) in [6, 6.07) is 7.72. The maximum absolute atomic E-state index is 6.81. The molecule has 0 amide bonds. The van der Waals surface area contributed by atoms with Crippen LogP contribution in [0.25, 0.3) is 0 Å². The summed E-state index contributed by atoms with van der Waals surface area (Å²) in [7, 11) is -1.38. The van der Waals surface area contributed by atoms with Crippen molar-refractivity contribution < 1.29 is 4.20 Å². The maximum atomic E-state index is 6.81. The zero-order valence-electron chi connectivity index (χ0n) is 20.2. The number of benzene rings is 1. The molecule has 1 aromatic rings. The molecule has 2 rings (SSSR count). The molecule has 1 nitrogen and oxygen atoms in total. The lowest BCUT2D eigenvalue weighted by Gasteiger charge is -2.55. The standard InChI is InChI=1S/C22H39B2Cl4OP/c1-20(2,3)30(21(4,5)6,22(7,8)9)17-13-12-16-29-23(25,26)18-14-10-11-15-19(18)24(29,27)28/h10-11,14-15H,12-13,16-17H2,1-9H3. The van der Waals surface area contributed by atoms with Crippen LogP contribution in [0.1, 0.15) is 75.2 Å². The van der Waals surface area contributed by atoms with E-state index in [9.17, 15) is 0 Å². The molecular formula is C22H39B2Cl4OP. The van der Waals surface area contributed by atoms with E-state index in [1.54, 1.807) is 0 Å². The van der Waals surface area contributed by atoms with Gasteiger partial charge in [-0.2, -0.15) is 0 Å². The average Bonchev–Trinajstić information content (AvgIpc) is 2.68. The number of fused-ring (bicyclic) bond motifs is 1. The molecule has 0 aliphatic carbocycles. The van der Waals surface area contributed by atoms with Crippen molar-refractivity contribution in [1.82, 2.24) is 0 Å². The van der Waals surface area contributed by atoms with Gasteiger partial charge in [-0.3, -0.25) is 45.8 Å². The molecule has 30 heavy (non-hydrogen) atoms. The monoisotopic (exact) mass is 512 g/mol. The molecule has 1 aliphatic heterocycles. The molecule has 0 aromatic heterocycles. The van der Waals surface area contributed by atoms with Crippen LogP contribution >= 0.6 is 53.1 Å². The highest BCUT2D eigenvalue weighted by atomic mass is 35.5. The molecule has 1 aromatic carbocycles. The zero-order valence-corrected chi connectivity index (χ0v) is 24.1. The van der Waals surface area contributed by atoms with Crippen LogP contribution < -0.4 is 10.9 Å². The number of rotatable bonds is 5. The Morgan fingerprint density at radius 1 is 0.700 bits per heavy atom. The SMILES string of the molecule is CC(C)(C)[P+](CCCC[O+]1[B-](Cl)(Cl)c2ccccc2[B-]1(Cl)Cl)(C(C)(C)C)C(C)(C)C. The highest BCUT2D eigenvalue weighted by Crippen LogP contribution is 2.83. The van der Waals surface area contributed by atoms with Gasteiger partial charge in [0.1, 0.15) is 0 Å². The largest absolute Gasteiger partial charge is 0.875 e. The van der Waals surface area contributed by atoms with Crippen molar-refractivity contribution in [2.45, 2.75) is 90.6 Å². The molecule has 0 spiro atoms. The minimum absolute atomic E-state index is 0.264. The smallest absolute Gasteiger partial charge is 0.444 e. The van der Waals surface area contributed by atoms with E-state index in [0.29, 0.717) is 6.61 Å². The van der Waals surface area contributed by atoms with Crippen LogP contribution in [0.15, 0.2) is 24.3 Å². The van der Waals surface area contributed by atoms with Crippen molar-refractivity contribution in [2.24, 2.45) is 0 Å². The number of hydrogen-bond acceptors (Lipinski definition) is 0. The third kappa shape index (κ3) is 4.48. The summed E-state index contributed by atoms with van der Waals surface area (Å²) in [5.74, 6) is 0. The molecule has 8 heteroatoms. The van der Waals surface area contributed by atoms with Gasteiger partial charge in [0, 0.05) is 13.7 Å². The molecular weight excluding hydrogens is 475 g/mol. The molecule has 0 unspecified atom stereocenters. The minimum Gasteiger partial charge on any atom is -0.875 e. The third-order valence-corrected chi connectivity index (χ3v) is 16.8. The quantitative estimate of drug-likeness (QED) is 0.164. The van der Waals surface area contributed by atoms with Gasteiger partial charge < -0.3 is 4.20 Å². The second-order valence-corrected chi connectivity index (χ2v) is 20.7. The molecule has 0 fully saturated rings. The first-order chi connectivity index (χ1) is 13.3. The Labute approximate surface area is 205 Å². The van der Waals surface area contributed by atoms with Crippen molar-refractivity contribution in [2.75, 3.05) is 12.8 Å². The van der Waals surface area contributed by atoms with Crippen LogP contribution in [0.5, 0.6) is 0 Å². The molecule has 172 valence electrons. The van der Waals surface area contributed by atoms with Crippen LogP contribution in [-0.2, 0) is 4.20 Å². The van der Waals surface area contributed by atoms with E-state index in [2.05, 4.69) is 66.5 Å². The highest BCUT2D eigenvalue weighted by Gasteiger charge is 2.63. The summed E-state index contributed by atoms with van der Waals surface area (Å²) >= 11 is 27.2. The van der Waals surface area contributed by atoms with Crippen LogP contribution in [-0.4, -0.2) is 38.6 Å². The fraction of sp³-hybridized carbons (Fsp3) is 0.727. The molecule has 0 atom stereocenters. The van der Waals surface area contributed by atoms with Gasteiger partial charge in [-0.1, -0.05) is 24.3 Å². The van der Waals surface area contributed by atoms with Gasteiger partial charge >= 0.3 is 10.4 Å². The first-order valence-electron chi connectivity index (χ1n) is 11.0. The Morgan fingerprint density at radius 3 is 1.40 bits per heavy atom. The molecule has 0 bridgehead atoms. The summed E-state index contributed by atoms with van der Waals surface area (Å²) in [6.45, 7) is 22.5. The molecule has 1 heterocycles. The van der Waals surface area contributed by atoms with E-state index in [-0.39, 0.29) is 15.5 Å². The topological polar surface area (TPSA) is 2.70 Å². The summed E-state index contributed by atoms with van der Waals surface area (Å²) in [5, 5.41) is -3.28. The van der Waals surface area contributed by atoms with Crippen LogP contribution in [0, 0.1) is 0 Å². The number of unbranched alkanes of at least 4 members (excludes halogenated alkanes) is 1. The van der Waals surface area contributed by atoms with E-state index in [1.807, 2.05) is 24.3 Å². The van der Waals surface area contributed by atoms with Crippen molar-refractivity contribution in [1.29, 1.82) is 0 Å². The Kier molecular flexibility index (Phi) is 7.78. The Balaban J connectivity index is 2.22. The van der Waals surface area contributed by atoms with Crippen molar-refractivity contribution in [3.63, 3.8) is 0 Å². The van der Waals surface area contributed by atoms with E-state index in [0.717, 1.165) is 23.8 Å². The summed E-state index contributed by atoms with van der Waals surface area (Å²) in [4.78, 5) is 0. The average molecular weight is 514 g/mol. The van der Waals surface area contributed by atoms with Gasteiger partial charge in [0.25, 0.3) is 0 Å². The Bertz CT molecular complexity index is 693. The predicted molar refractivity (Wildman–Crippen MR) is 147 cm³/mol. The number of halogens is 4. The first-order valence-corrected chi connectivity index (χ1v) is 14.7. The van der Waals surface area contributed by atoms with Gasteiger partial charge in [0.2, 0.25) is 0 Å². The molecule has 0 radical (unpaired) electrons. The Hall–Kier alpha value is 0.900. The fourth-order valence-electron chi connectivity index (χ4n) is 6.60. The van der Waals surface area contributed by atoms with E-state index < -0.39 is 17.6 Å². The van der Waals surface area contributed by atoms with Crippen LogP contribution in [0.3, 0.4) is 0 Å². The van der Waals surface area contributed by atoms with E-state index in [4.69, 9.17) is 45.8 Å². The fourth-order valence-corrected chi connectivity index (χ4v) is 17.3. The van der Waals surface area contributed by atoms with Gasteiger partial charge in [-0.15, -0.1) is 10.9 Å². The zero-order chi connectivity index (χ0) is 23.4. The highest BCUT2D eigenvalue weighted by molar-refractivity contribution is 7.80. The normalized spacial score (nSPS) is 19.8. The summed E-state index contributed by atoms with van der Waals surface area (Å²) < 4.78 is 2.97. The minimum atomic E-state index is -2.03. The second-order valence-electron chi connectivity index (χ2n) is 11.7. The van der Waals surface area contributed by atoms with E-state index in [1.165, 1.54) is 6.16 Å². The van der Waals surface area contributed by atoms with Crippen LogP contribution in [0.4, 0.5) is 0 Å². The molecule has 0 saturated carbocycles. The molecule has 0 saturated heterocycles. The lowest BCUT2D eigenvalue weighted by molar-refractivity contribution is 0.187. The lowest BCUT2D eigenvalue weighted by Crippen LogP contribution is -2.49. The van der Waals surface area contributed by atoms with Gasteiger partial charge in [0.15, 0.2) is 0 Å². The second kappa shape index (κ2) is 8.60. The van der Waals surface area contributed by atoms with Gasteiger partial charge in [0.05, 0.1) is 28.2 Å². The Morgan fingerprint density at radius 2 is 1.07 bits per heavy atom. The lowest BCUT2D eigenvalue weighted by atomic mass is 9.78. The molecule has 1 aliphatic rings.